The summed E-state index contributed by atoms with van der Waals surface area (Å²) in [4.78, 5) is 12.0. The Labute approximate surface area is 130 Å². The average molecular weight is 296 g/mol. The van der Waals surface area contributed by atoms with Crippen LogP contribution >= 0.6 is 0 Å². The molecule has 22 heavy (non-hydrogen) atoms. The topological polar surface area (TPSA) is 50.4 Å². The number of hydrogen-bond acceptors (Lipinski definition) is 3. The summed E-state index contributed by atoms with van der Waals surface area (Å²) < 4.78 is 5.69. The minimum atomic E-state index is -0.392. The molecule has 0 radical (unpaired) electrons. The Morgan fingerprint density at radius 1 is 1.14 bits per heavy atom. The van der Waals surface area contributed by atoms with Crippen molar-refractivity contribution in [3.05, 3.63) is 47.5 Å². The molecule has 0 bridgehead atoms. The maximum atomic E-state index is 12.0. The van der Waals surface area contributed by atoms with E-state index >= 15 is 0 Å². The lowest BCUT2D eigenvalue weighted by Gasteiger charge is -2.17. The van der Waals surface area contributed by atoms with Crippen molar-refractivity contribution in [2.24, 2.45) is 0 Å². The van der Waals surface area contributed by atoms with Crippen molar-refractivity contribution in [1.82, 2.24) is 10.9 Å². The first-order chi connectivity index (χ1) is 10.5. The molecular formula is C18H20N2O2. The molecule has 0 aromatic heterocycles. The van der Waals surface area contributed by atoms with Crippen LogP contribution in [-0.4, -0.2) is 18.1 Å². The molecule has 1 heterocycles. The number of hydrazine groups is 1. The van der Waals surface area contributed by atoms with Gasteiger partial charge in [-0.3, -0.25) is 10.2 Å². The second-order valence-corrected chi connectivity index (χ2v) is 5.89. The standard InChI is InChI=1S/C18H20N2O2/c1-4-22-16-10-9-12(13-7-5-6-8-14(13)16)11-15-17(21)19-20-18(15,2)3/h5-11,20H,4H2,1-3H3,(H,19,21)/b15-11+. The summed E-state index contributed by atoms with van der Waals surface area (Å²) >= 11 is 0. The summed E-state index contributed by atoms with van der Waals surface area (Å²) in [6.07, 6.45) is 1.95. The molecule has 1 aliphatic heterocycles. The van der Waals surface area contributed by atoms with Crippen LogP contribution in [0.15, 0.2) is 42.0 Å². The molecule has 114 valence electrons. The van der Waals surface area contributed by atoms with E-state index in [9.17, 15) is 4.79 Å². The minimum absolute atomic E-state index is 0.0806. The molecule has 1 fully saturated rings. The zero-order valence-electron chi connectivity index (χ0n) is 13.1. The van der Waals surface area contributed by atoms with Gasteiger partial charge in [-0.2, -0.15) is 0 Å². The van der Waals surface area contributed by atoms with Crippen LogP contribution in [0.2, 0.25) is 0 Å². The monoisotopic (exact) mass is 296 g/mol. The second-order valence-electron chi connectivity index (χ2n) is 5.89. The van der Waals surface area contributed by atoms with Gasteiger partial charge in [0.1, 0.15) is 5.75 Å². The van der Waals surface area contributed by atoms with Crippen LogP contribution in [0.25, 0.3) is 16.8 Å². The second kappa shape index (κ2) is 5.46. The molecule has 0 atom stereocenters. The van der Waals surface area contributed by atoms with Crippen LogP contribution in [0.1, 0.15) is 26.3 Å². The predicted octanol–water partition coefficient (Wildman–Crippen LogP) is 3.03. The highest BCUT2D eigenvalue weighted by atomic mass is 16.5. The van der Waals surface area contributed by atoms with Crippen LogP contribution in [0.4, 0.5) is 0 Å². The van der Waals surface area contributed by atoms with Gasteiger partial charge in [0.05, 0.1) is 12.1 Å². The quantitative estimate of drug-likeness (QED) is 0.856. The van der Waals surface area contributed by atoms with Gasteiger partial charge in [0.15, 0.2) is 0 Å². The molecule has 4 nitrogen and oxygen atoms in total. The summed E-state index contributed by atoms with van der Waals surface area (Å²) in [5.74, 6) is 0.788. The number of ether oxygens (including phenoxy) is 1. The van der Waals surface area contributed by atoms with Gasteiger partial charge < -0.3 is 4.74 Å². The molecule has 2 aromatic rings. The van der Waals surface area contributed by atoms with Crippen LogP contribution in [0.5, 0.6) is 5.75 Å². The summed E-state index contributed by atoms with van der Waals surface area (Å²) in [5.41, 5.74) is 7.03. The molecule has 1 amide bonds. The smallest absolute Gasteiger partial charge is 0.263 e. The summed E-state index contributed by atoms with van der Waals surface area (Å²) in [6.45, 7) is 6.56. The Balaban J connectivity index is 2.17. The van der Waals surface area contributed by atoms with Crippen LogP contribution in [0.3, 0.4) is 0 Å². The predicted molar refractivity (Wildman–Crippen MR) is 88.5 cm³/mol. The van der Waals surface area contributed by atoms with Crippen LogP contribution in [0, 0.1) is 0 Å². The van der Waals surface area contributed by atoms with E-state index in [2.05, 4.69) is 16.9 Å². The summed E-state index contributed by atoms with van der Waals surface area (Å²) in [6, 6.07) is 12.1. The van der Waals surface area contributed by atoms with Gasteiger partial charge in [-0.15, -0.1) is 0 Å². The van der Waals surface area contributed by atoms with Crippen molar-refractivity contribution in [1.29, 1.82) is 0 Å². The number of rotatable bonds is 3. The number of nitrogens with one attached hydrogen (secondary N) is 2. The SMILES string of the molecule is CCOc1ccc(/C=C2\C(=O)NNC2(C)C)c2ccccc12. The van der Waals surface area contributed by atoms with Gasteiger partial charge in [0, 0.05) is 11.0 Å². The van der Waals surface area contributed by atoms with Crippen LogP contribution in [-0.2, 0) is 4.79 Å². The lowest BCUT2D eigenvalue weighted by Crippen LogP contribution is -2.38. The minimum Gasteiger partial charge on any atom is -0.493 e. The van der Waals surface area contributed by atoms with Crippen molar-refractivity contribution in [3.63, 3.8) is 0 Å². The third-order valence-electron chi connectivity index (χ3n) is 3.92. The molecule has 4 heteroatoms. The molecule has 0 aliphatic carbocycles. The highest BCUT2D eigenvalue weighted by molar-refractivity contribution is 6.04. The van der Waals surface area contributed by atoms with E-state index in [1.54, 1.807) is 0 Å². The van der Waals surface area contributed by atoms with E-state index in [-0.39, 0.29) is 5.91 Å². The highest BCUT2D eigenvalue weighted by Crippen LogP contribution is 2.31. The zero-order chi connectivity index (χ0) is 15.7. The Hall–Kier alpha value is -2.33. The fourth-order valence-electron chi connectivity index (χ4n) is 2.73. The van der Waals surface area contributed by atoms with E-state index in [0.717, 1.165) is 27.7 Å². The largest absolute Gasteiger partial charge is 0.493 e. The molecule has 1 aliphatic rings. The first kappa shape index (κ1) is 14.6. The average Bonchev–Trinajstić information content (AvgIpc) is 2.76. The van der Waals surface area contributed by atoms with Gasteiger partial charge in [-0.1, -0.05) is 30.3 Å². The maximum absolute atomic E-state index is 12.0. The molecule has 0 unspecified atom stereocenters. The lowest BCUT2D eigenvalue weighted by atomic mass is 9.92. The zero-order valence-corrected chi connectivity index (χ0v) is 13.1. The Morgan fingerprint density at radius 2 is 1.86 bits per heavy atom. The van der Waals surface area contributed by atoms with Gasteiger partial charge in [-0.25, -0.2) is 5.43 Å². The number of fused-ring (bicyclic) bond motifs is 1. The van der Waals surface area contributed by atoms with E-state index in [1.165, 1.54) is 0 Å². The normalized spacial score (nSPS) is 18.7. The molecule has 1 saturated heterocycles. The molecule has 0 saturated carbocycles. The van der Waals surface area contributed by atoms with Crippen molar-refractivity contribution in [3.8, 4) is 5.75 Å². The number of carbonyl (C=O) groups is 1. The Bertz CT molecular complexity index is 763. The van der Waals surface area contributed by atoms with E-state index in [1.807, 2.05) is 57.2 Å². The first-order valence-electron chi connectivity index (χ1n) is 7.47. The van der Waals surface area contributed by atoms with E-state index < -0.39 is 5.54 Å². The highest BCUT2D eigenvalue weighted by Gasteiger charge is 2.35. The van der Waals surface area contributed by atoms with E-state index in [4.69, 9.17) is 4.74 Å². The molecule has 2 N–H and O–H groups in total. The van der Waals surface area contributed by atoms with Crippen molar-refractivity contribution in [2.75, 3.05) is 6.61 Å². The fraction of sp³-hybridized carbons (Fsp3) is 0.278. The molecule has 0 spiro atoms. The van der Waals surface area contributed by atoms with Crippen molar-refractivity contribution < 1.29 is 9.53 Å². The van der Waals surface area contributed by atoms with Gasteiger partial charge in [-0.05, 0) is 43.9 Å². The van der Waals surface area contributed by atoms with Gasteiger partial charge in [0.2, 0.25) is 0 Å². The number of benzene rings is 2. The van der Waals surface area contributed by atoms with Crippen molar-refractivity contribution >= 4 is 22.8 Å². The number of amides is 1. The Kier molecular flexibility index (Phi) is 3.62. The number of hydrogen-bond donors (Lipinski definition) is 2. The maximum Gasteiger partial charge on any atom is 0.263 e. The van der Waals surface area contributed by atoms with Gasteiger partial charge >= 0.3 is 0 Å². The van der Waals surface area contributed by atoms with Gasteiger partial charge in [0.25, 0.3) is 5.91 Å². The fourth-order valence-corrected chi connectivity index (χ4v) is 2.73. The molecule has 3 rings (SSSR count). The summed E-state index contributed by atoms with van der Waals surface area (Å²) in [5, 5.41) is 2.14. The molecular weight excluding hydrogens is 276 g/mol. The van der Waals surface area contributed by atoms with Crippen LogP contribution < -0.4 is 15.6 Å². The van der Waals surface area contributed by atoms with Crippen molar-refractivity contribution in [2.45, 2.75) is 26.3 Å². The number of carbonyl (C=O) groups excluding carboxylic acids is 1. The van der Waals surface area contributed by atoms with E-state index in [0.29, 0.717) is 6.61 Å². The lowest BCUT2D eigenvalue weighted by molar-refractivity contribution is -0.116. The molecule has 2 aromatic carbocycles. The summed E-state index contributed by atoms with van der Waals surface area (Å²) in [7, 11) is 0. The third kappa shape index (κ3) is 2.46. The third-order valence-corrected chi connectivity index (χ3v) is 3.92. The Morgan fingerprint density at radius 3 is 2.50 bits per heavy atom. The first-order valence-corrected chi connectivity index (χ1v) is 7.47.